The monoisotopic (exact) mass is 487 g/mol. The van der Waals surface area contributed by atoms with E-state index in [1.807, 2.05) is 32.9 Å². The van der Waals surface area contributed by atoms with Gasteiger partial charge in [0.2, 0.25) is 0 Å². The molecule has 190 valence electrons. The molecule has 0 radical (unpaired) electrons. The number of fused-ring (bicyclic) bond motifs is 1. The van der Waals surface area contributed by atoms with Crippen LogP contribution in [0.25, 0.3) is 5.57 Å². The summed E-state index contributed by atoms with van der Waals surface area (Å²) in [7, 11) is 0. The van der Waals surface area contributed by atoms with Gasteiger partial charge in [0.1, 0.15) is 5.60 Å². The van der Waals surface area contributed by atoms with Crippen molar-refractivity contribution in [1.29, 1.82) is 0 Å². The minimum Gasteiger partial charge on any atom is -0.442 e. The highest BCUT2D eigenvalue weighted by molar-refractivity contribution is 5.95. The molecule has 2 aromatic rings. The molecule has 3 aliphatic carbocycles. The maximum absolute atomic E-state index is 13.7. The summed E-state index contributed by atoms with van der Waals surface area (Å²) < 4.78 is 6.80. The van der Waals surface area contributed by atoms with Crippen LogP contribution in [0.15, 0.2) is 47.7 Å². The maximum Gasteiger partial charge on any atom is 0.435 e. The summed E-state index contributed by atoms with van der Waals surface area (Å²) in [4.78, 5) is 28.3. The van der Waals surface area contributed by atoms with E-state index in [1.165, 1.54) is 27.0 Å². The van der Waals surface area contributed by atoms with Crippen molar-refractivity contribution >= 4 is 17.6 Å². The molecule has 1 amide bonds. The normalized spacial score (nSPS) is 20.0. The van der Waals surface area contributed by atoms with E-state index in [1.54, 1.807) is 6.20 Å². The van der Waals surface area contributed by atoms with Crippen LogP contribution in [-0.2, 0) is 17.6 Å². The van der Waals surface area contributed by atoms with Gasteiger partial charge in [-0.15, -0.1) is 0 Å². The van der Waals surface area contributed by atoms with Crippen molar-refractivity contribution in [3.05, 3.63) is 70.1 Å². The van der Waals surface area contributed by atoms with Crippen LogP contribution in [0.3, 0.4) is 0 Å². The molecule has 1 saturated carbocycles. The van der Waals surface area contributed by atoms with E-state index < -0.39 is 11.7 Å². The van der Waals surface area contributed by atoms with Crippen molar-refractivity contribution in [2.45, 2.75) is 97.2 Å². The van der Waals surface area contributed by atoms with Gasteiger partial charge in [0.15, 0.2) is 0 Å². The third kappa shape index (κ3) is 5.04. The Balaban J connectivity index is 1.33. The maximum atomic E-state index is 13.7. The predicted molar refractivity (Wildman–Crippen MR) is 141 cm³/mol. The van der Waals surface area contributed by atoms with Gasteiger partial charge in [0.05, 0.1) is 5.69 Å². The van der Waals surface area contributed by atoms with E-state index in [0.717, 1.165) is 55.3 Å². The van der Waals surface area contributed by atoms with E-state index in [9.17, 15) is 9.59 Å². The first-order valence-corrected chi connectivity index (χ1v) is 13.2. The van der Waals surface area contributed by atoms with Crippen LogP contribution in [0.1, 0.15) is 93.9 Å². The van der Waals surface area contributed by atoms with Crippen LogP contribution in [0, 0.1) is 0 Å². The fourth-order valence-electron chi connectivity index (χ4n) is 5.58. The molecule has 0 N–H and O–H groups in total. The predicted octanol–water partition coefficient (Wildman–Crippen LogP) is 6.34. The van der Waals surface area contributed by atoms with E-state index in [-0.39, 0.29) is 11.9 Å². The minimum absolute atomic E-state index is 0.110. The molecule has 5 rings (SSSR count). The SMILES string of the molecule is CC1=CCCC(C)=C1c1ccc(C(=O)N(C2CC2)C2CCc3nn(C(=O)OC(C)(C)C)cc3C2)cc1. The molecule has 1 aromatic heterocycles. The number of aryl methyl sites for hydroxylation is 1. The Morgan fingerprint density at radius 1 is 1.03 bits per heavy atom. The van der Waals surface area contributed by atoms with Crippen molar-refractivity contribution in [3.63, 3.8) is 0 Å². The molecule has 0 saturated heterocycles. The summed E-state index contributed by atoms with van der Waals surface area (Å²) in [5.74, 6) is 0.110. The van der Waals surface area contributed by atoms with Gasteiger partial charge in [0.25, 0.3) is 5.91 Å². The lowest BCUT2D eigenvalue weighted by Crippen LogP contribution is -2.44. The average Bonchev–Trinajstić information content (AvgIpc) is 3.55. The van der Waals surface area contributed by atoms with Crippen molar-refractivity contribution in [2.24, 2.45) is 0 Å². The van der Waals surface area contributed by atoms with E-state index in [0.29, 0.717) is 12.5 Å². The van der Waals surface area contributed by atoms with Crippen molar-refractivity contribution in [1.82, 2.24) is 14.7 Å². The zero-order chi connectivity index (χ0) is 25.6. The topological polar surface area (TPSA) is 64.4 Å². The molecular formula is C30H37N3O3. The zero-order valence-corrected chi connectivity index (χ0v) is 22.1. The van der Waals surface area contributed by atoms with E-state index in [2.05, 4.69) is 42.1 Å². The summed E-state index contributed by atoms with van der Waals surface area (Å²) >= 11 is 0. The van der Waals surface area contributed by atoms with Gasteiger partial charge < -0.3 is 9.64 Å². The number of nitrogens with zero attached hydrogens (tertiary/aromatic N) is 3. The molecule has 0 bridgehead atoms. The number of rotatable bonds is 4. The van der Waals surface area contributed by atoms with Gasteiger partial charge in [-0.25, -0.2) is 4.79 Å². The fraction of sp³-hybridized carbons (Fsp3) is 0.500. The van der Waals surface area contributed by atoms with Gasteiger partial charge in [0, 0.05) is 23.8 Å². The highest BCUT2D eigenvalue weighted by Gasteiger charge is 2.39. The number of aromatic nitrogens is 2. The van der Waals surface area contributed by atoms with E-state index in [4.69, 9.17) is 4.74 Å². The summed E-state index contributed by atoms with van der Waals surface area (Å²) in [5.41, 5.74) is 7.39. The highest BCUT2D eigenvalue weighted by Crippen LogP contribution is 2.36. The van der Waals surface area contributed by atoms with Crippen molar-refractivity contribution in [3.8, 4) is 0 Å². The van der Waals surface area contributed by atoms with Crippen LogP contribution in [0.5, 0.6) is 0 Å². The number of amides is 1. The van der Waals surface area contributed by atoms with Crippen LogP contribution >= 0.6 is 0 Å². The number of carbonyl (C=O) groups excluding carboxylic acids is 2. The molecule has 6 heteroatoms. The summed E-state index contributed by atoms with van der Waals surface area (Å²) in [6.45, 7) is 9.93. The van der Waals surface area contributed by atoms with Crippen LogP contribution < -0.4 is 0 Å². The first-order chi connectivity index (χ1) is 17.1. The second-order valence-electron chi connectivity index (χ2n) is 11.5. The summed E-state index contributed by atoms with van der Waals surface area (Å²) in [6, 6.07) is 8.60. The third-order valence-electron chi connectivity index (χ3n) is 7.41. The number of allylic oxidation sites excluding steroid dienone is 4. The second kappa shape index (κ2) is 9.38. The van der Waals surface area contributed by atoms with E-state index >= 15 is 0 Å². The molecule has 0 spiro atoms. The second-order valence-corrected chi connectivity index (χ2v) is 11.5. The molecule has 1 aromatic carbocycles. The van der Waals surface area contributed by atoms with Crippen LogP contribution in [0.2, 0.25) is 0 Å². The highest BCUT2D eigenvalue weighted by atomic mass is 16.6. The average molecular weight is 488 g/mol. The lowest BCUT2D eigenvalue weighted by atomic mass is 9.87. The van der Waals surface area contributed by atoms with Crippen molar-refractivity contribution < 1.29 is 14.3 Å². The number of benzene rings is 1. The number of carbonyl (C=O) groups is 2. The van der Waals surface area contributed by atoms with Crippen LogP contribution in [-0.4, -0.2) is 44.4 Å². The molecule has 6 nitrogen and oxygen atoms in total. The lowest BCUT2D eigenvalue weighted by Gasteiger charge is -2.34. The molecular weight excluding hydrogens is 450 g/mol. The quantitative estimate of drug-likeness (QED) is 0.505. The largest absolute Gasteiger partial charge is 0.442 e. The fourth-order valence-corrected chi connectivity index (χ4v) is 5.58. The molecule has 1 heterocycles. The number of hydrogen-bond acceptors (Lipinski definition) is 4. The van der Waals surface area contributed by atoms with Gasteiger partial charge >= 0.3 is 6.09 Å². The summed E-state index contributed by atoms with van der Waals surface area (Å²) in [5, 5.41) is 4.49. The first-order valence-electron chi connectivity index (χ1n) is 13.2. The Morgan fingerprint density at radius 2 is 1.75 bits per heavy atom. The van der Waals surface area contributed by atoms with Gasteiger partial charge in [-0.3, -0.25) is 4.79 Å². The molecule has 1 fully saturated rings. The first kappa shape index (κ1) is 24.5. The molecule has 1 atom stereocenters. The smallest absolute Gasteiger partial charge is 0.435 e. The van der Waals surface area contributed by atoms with Gasteiger partial charge in [-0.2, -0.15) is 9.78 Å². The Kier molecular flexibility index (Phi) is 6.39. The number of ether oxygens (including phenoxy) is 1. The molecule has 3 aliphatic rings. The Hall–Kier alpha value is -3.15. The zero-order valence-electron chi connectivity index (χ0n) is 22.1. The molecule has 0 aliphatic heterocycles. The Morgan fingerprint density at radius 3 is 2.39 bits per heavy atom. The lowest BCUT2D eigenvalue weighted by molar-refractivity contribution is 0.0513. The number of hydrogen-bond donors (Lipinski definition) is 0. The van der Waals surface area contributed by atoms with Crippen LogP contribution in [0.4, 0.5) is 4.79 Å². The van der Waals surface area contributed by atoms with Crippen molar-refractivity contribution in [2.75, 3.05) is 0 Å². The Labute approximate surface area is 214 Å². The molecule has 1 unspecified atom stereocenters. The van der Waals surface area contributed by atoms with Gasteiger partial charge in [-0.1, -0.05) is 23.8 Å². The third-order valence-corrected chi connectivity index (χ3v) is 7.41. The molecule has 36 heavy (non-hydrogen) atoms. The van der Waals surface area contributed by atoms with Gasteiger partial charge in [-0.05, 0) is 114 Å². The standard InChI is InChI=1S/C30H37N3O3/c1-19-7-6-8-20(2)27(19)21-9-11-22(12-10-21)28(34)33(24-13-14-24)25-15-16-26-23(17-25)18-32(31-26)29(35)36-30(3,4)5/h7,9-12,18,24-25H,6,8,13-17H2,1-5H3. The minimum atomic E-state index is -0.571. The Bertz CT molecular complexity index is 1240. The summed E-state index contributed by atoms with van der Waals surface area (Å²) in [6.07, 6.45) is 10.3.